The zero-order valence-electron chi connectivity index (χ0n) is 30.0. The lowest BCUT2D eigenvalue weighted by molar-refractivity contribution is 0.668. The van der Waals surface area contributed by atoms with E-state index in [1.165, 1.54) is 27.5 Å². The molecule has 0 aliphatic heterocycles. The number of fused-ring (bicyclic) bond motifs is 7. The van der Waals surface area contributed by atoms with Gasteiger partial charge in [0.1, 0.15) is 22.3 Å². The zero-order valence-corrected chi connectivity index (χ0v) is 30.0. The van der Waals surface area contributed by atoms with Crippen molar-refractivity contribution in [3.05, 3.63) is 200 Å². The van der Waals surface area contributed by atoms with E-state index in [9.17, 15) is 0 Å². The molecule has 1 atom stereocenters. The first kappa shape index (κ1) is 31.4. The summed E-state index contributed by atoms with van der Waals surface area (Å²) in [5, 5.41) is 6.84. The van der Waals surface area contributed by atoms with Gasteiger partial charge in [-0.15, -0.1) is 0 Å². The largest absolute Gasteiger partial charge is 0.456 e. The van der Waals surface area contributed by atoms with Crippen molar-refractivity contribution in [3.8, 4) is 22.3 Å². The van der Waals surface area contributed by atoms with E-state index in [1.807, 2.05) is 12.1 Å². The summed E-state index contributed by atoms with van der Waals surface area (Å²) in [5.41, 5.74) is 12.7. The van der Waals surface area contributed by atoms with Gasteiger partial charge in [-0.25, -0.2) is 0 Å². The van der Waals surface area contributed by atoms with Crippen LogP contribution in [-0.4, -0.2) is 0 Å². The highest BCUT2D eigenvalue weighted by Gasteiger charge is 2.18. The summed E-state index contributed by atoms with van der Waals surface area (Å²) in [6, 6.07) is 60.9. The molecule has 1 unspecified atom stereocenters. The molecule has 55 heavy (non-hydrogen) atoms. The average molecular weight is 706 g/mol. The lowest BCUT2D eigenvalue weighted by Gasteiger charge is -2.26. The molecule has 1 aliphatic rings. The van der Waals surface area contributed by atoms with Crippen molar-refractivity contribution in [2.75, 3.05) is 4.90 Å². The number of benzene rings is 8. The van der Waals surface area contributed by atoms with Crippen molar-refractivity contribution in [2.45, 2.75) is 12.3 Å². The standard InChI is InChI=1S/C52H35NO2/c1-2-9-34(10-3-1)36-17-19-37(20-18-36)39-13-8-14-42(29-39)53(43-24-21-35-11-4-5-12-38(35)30-43)44-25-28-50-48(33-44)47-27-23-41(32-52(47)55-50)40-22-26-46-45-15-6-7-16-49(45)54-51(46)31-40/h1-9,11-34H,10H2. The summed E-state index contributed by atoms with van der Waals surface area (Å²) in [7, 11) is 0. The van der Waals surface area contributed by atoms with Crippen LogP contribution < -0.4 is 4.90 Å². The lowest BCUT2D eigenvalue weighted by Crippen LogP contribution is -2.10. The highest BCUT2D eigenvalue weighted by Crippen LogP contribution is 2.42. The minimum Gasteiger partial charge on any atom is -0.456 e. The summed E-state index contributed by atoms with van der Waals surface area (Å²) < 4.78 is 12.7. The highest BCUT2D eigenvalue weighted by atomic mass is 16.3. The summed E-state index contributed by atoms with van der Waals surface area (Å²) in [6.45, 7) is 0. The Balaban J connectivity index is 0.996. The predicted molar refractivity (Wildman–Crippen MR) is 230 cm³/mol. The highest BCUT2D eigenvalue weighted by molar-refractivity contribution is 6.09. The molecule has 2 heterocycles. The Morgan fingerprint density at radius 2 is 1.04 bits per heavy atom. The van der Waals surface area contributed by atoms with Crippen molar-refractivity contribution < 1.29 is 8.83 Å². The number of hydrogen-bond acceptors (Lipinski definition) is 3. The van der Waals surface area contributed by atoms with Crippen molar-refractivity contribution in [1.82, 2.24) is 0 Å². The third-order valence-corrected chi connectivity index (χ3v) is 11.2. The van der Waals surface area contributed by atoms with Crippen LogP contribution in [-0.2, 0) is 0 Å². The third kappa shape index (κ3) is 5.52. The second-order valence-corrected chi connectivity index (χ2v) is 14.5. The normalized spacial score (nSPS) is 14.1. The fourth-order valence-electron chi connectivity index (χ4n) is 8.33. The first-order valence-corrected chi connectivity index (χ1v) is 18.9. The molecule has 260 valence electrons. The molecule has 8 aromatic carbocycles. The summed E-state index contributed by atoms with van der Waals surface area (Å²) >= 11 is 0. The molecule has 0 N–H and O–H groups in total. The predicted octanol–water partition coefficient (Wildman–Crippen LogP) is 15.0. The number of para-hydroxylation sites is 1. The zero-order chi connectivity index (χ0) is 36.3. The molecule has 0 fully saturated rings. The van der Waals surface area contributed by atoms with Gasteiger partial charge in [-0.1, -0.05) is 121 Å². The monoisotopic (exact) mass is 705 g/mol. The topological polar surface area (TPSA) is 29.5 Å². The van der Waals surface area contributed by atoms with Crippen molar-refractivity contribution in [2.24, 2.45) is 0 Å². The Morgan fingerprint density at radius 3 is 1.84 bits per heavy atom. The van der Waals surface area contributed by atoms with Crippen LogP contribution in [0.1, 0.15) is 17.9 Å². The molecule has 3 heteroatoms. The SMILES string of the molecule is C1=CCC(c2ccc(-c3cccc(N(c4ccc5ccccc5c4)c4ccc5oc6cc(-c7ccc8c(c7)oc7ccccc78)ccc6c5c4)c3)cc2)C=C1. The number of nitrogens with zero attached hydrogens (tertiary/aromatic N) is 1. The molecule has 0 bridgehead atoms. The molecule has 3 nitrogen and oxygen atoms in total. The van der Waals surface area contributed by atoms with Crippen LogP contribution in [0.2, 0.25) is 0 Å². The van der Waals surface area contributed by atoms with Crippen molar-refractivity contribution in [3.63, 3.8) is 0 Å². The molecule has 0 spiro atoms. The van der Waals surface area contributed by atoms with Gasteiger partial charge in [-0.05, 0) is 118 Å². The van der Waals surface area contributed by atoms with Gasteiger partial charge >= 0.3 is 0 Å². The Labute approximate surface area is 318 Å². The van der Waals surface area contributed by atoms with Gasteiger partial charge in [0.25, 0.3) is 0 Å². The Bertz CT molecular complexity index is 3140. The summed E-state index contributed by atoms with van der Waals surface area (Å²) in [6.07, 6.45) is 9.86. The first-order chi connectivity index (χ1) is 27.2. The van der Waals surface area contributed by atoms with Crippen LogP contribution in [0.15, 0.2) is 203 Å². The molecule has 2 aromatic heterocycles. The van der Waals surface area contributed by atoms with Crippen molar-refractivity contribution in [1.29, 1.82) is 0 Å². The third-order valence-electron chi connectivity index (χ3n) is 11.2. The number of anilines is 3. The molecule has 0 saturated heterocycles. The lowest BCUT2D eigenvalue weighted by atomic mass is 9.91. The molecular formula is C52H35NO2. The molecule has 1 aliphatic carbocycles. The van der Waals surface area contributed by atoms with Crippen LogP contribution in [0.3, 0.4) is 0 Å². The average Bonchev–Trinajstić information content (AvgIpc) is 3.81. The van der Waals surface area contributed by atoms with E-state index < -0.39 is 0 Å². The number of allylic oxidation sites excluding steroid dienone is 4. The fourth-order valence-corrected chi connectivity index (χ4v) is 8.33. The van der Waals surface area contributed by atoms with Gasteiger partial charge in [0.15, 0.2) is 0 Å². The Morgan fingerprint density at radius 1 is 0.400 bits per heavy atom. The Kier molecular flexibility index (Phi) is 7.31. The van der Waals surface area contributed by atoms with E-state index in [4.69, 9.17) is 8.83 Å². The van der Waals surface area contributed by atoms with Gasteiger partial charge < -0.3 is 13.7 Å². The van der Waals surface area contributed by atoms with Crippen LogP contribution in [0, 0.1) is 0 Å². The van der Waals surface area contributed by atoms with Gasteiger partial charge in [-0.2, -0.15) is 0 Å². The minimum absolute atomic E-state index is 0.432. The van der Waals surface area contributed by atoms with Crippen molar-refractivity contribution >= 4 is 71.7 Å². The van der Waals surface area contributed by atoms with Gasteiger partial charge in [0, 0.05) is 44.5 Å². The molecule has 0 saturated carbocycles. The molecule has 0 radical (unpaired) electrons. The maximum absolute atomic E-state index is 6.53. The van der Waals surface area contributed by atoms with Crippen LogP contribution in [0.5, 0.6) is 0 Å². The second-order valence-electron chi connectivity index (χ2n) is 14.5. The quantitative estimate of drug-likeness (QED) is 0.172. The van der Waals surface area contributed by atoms with E-state index in [0.717, 1.165) is 78.5 Å². The van der Waals surface area contributed by atoms with Crippen LogP contribution in [0.25, 0.3) is 76.9 Å². The van der Waals surface area contributed by atoms with E-state index in [1.54, 1.807) is 0 Å². The number of hydrogen-bond donors (Lipinski definition) is 0. The van der Waals surface area contributed by atoms with E-state index in [2.05, 4.69) is 187 Å². The van der Waals surface area contributed by atoms with Gasteiger partial charge in [0.05, 0.1) is 0 Å². The second kappa shape index (κ2) is 12.8. The van der Waals surface area contributed by atoms with E-state index >= 15 is 0 Å². The number of rotatable bonds is 6. The smallest absolute Gasteiger partial charge is 0.136 e. The first-order valence-electron chi connectivity index (χ1n) is 18.9. The molecule has 0 amide bonds. The maximum atomic E-state index is 6.53. The maximum Gasteiger partial charge on any atom is 0.136 e. The van der Waals surface area contributed by atoms with Crippen LogP contribution >= 0.6 is 0 Å². The van der Waals surface area contributed by atoms with E-state index in [-0.39, 0.29) is 0 Å². The Hall–Kier alpha value is -7.10. The molecule has 11 rings (SSSR count). The van der Waals surface area contributed by atoms with E-state index in [0.29, 0.717) is 5.92 Å². The summed E-state index contributed by atoms with van der Waals surface area (Å²) in [5.74, 6) is 0.432. The summed E-state index contributed by atoms with van der Waals surface area (Å²) in [4.78, 5) is 2.36. The molecule has 10 aromatic rings. The minimum atomic E-state index is 0.432. The van der Waals surface area contributed by atoms with Gasteiger partial charge in [-0.3, -0.25) is 0 Å². The molecular weight excluding hydrogens is 671 g/mol. The fraction of sp³-hybridized carbons (Fsp3) is 0.0385. The van der Waals surface area contributed by atoms with Crippen LogP contribution in [0.4, 0.5) is 17.1 Å². The number of furan rings is 2. The van der Waals surface area contributed by atoms with Gasteiger partial charge in [0.2, 0.25) is 0 Å².